The number of nitrogens with two attached hydrogens (primary N) is 1. The molecular formula is C14H27N3O2. The van der Waals surface area contributed by atoms with Crippen LogP contribution >= 0.6 is 0 Å². The first-order valence-corrected chi connectivity index (χ1v) is 7.37. The lowest BCUT2D eigenvalue weighted by Gasteiger charge is -2.27. The largest absolute Gasteiger partial charge is 0.355 e. The van der Waals surface area contributed by atoms with Crippen molar-refractivity contribution >= 4 is 11.8 Å². The topological polar surface area (TPSA) is 84.2 Å². The molecule has 110 valence electrons. The maximum atomic E-state index is 11.9. The van der Waals surface area contributed by atoms with Gasteiger partial charge in [-0.3, -0.25) is 9.59 Å². The van der Waals surface area contributed by atoms with Crippen molar-refractivity contribution in [3.63, 3.8) is 0 Å². The van der Waals surface area contributed by atoms with Gasteiger partial charge in [-0.1, -0.05) is 19.8 Å². The minimum atomic E-state index is -0.0774. The Morgan fingerprint density at radius 3 is 2.63 bits per heavy atom. The first-order valence-electron chi connectivity index (χ1n) is 7.37. The Bertz CT molecular complexity index is 307. The molecule has 1 fully saturated rings. The Morgan fingerprint density at radius 2 is 2.00 bits per heavy atom. The smallest absolute Gasteiger partial charge is 0.224 e. The van der Waals surface area contributed by atoms with Crippen LogP contribution in [-0.2, 0) is 9.59 Å². The van der Waals surface area contributed by atoms with E-state index in [9.17, 15) is 9.59 Å². The Labute approximate surface area is 115 Å². The summed E-state index contributed by atoms with van der Waals surface area (Å²) in [5.41, 5.74) is 5.96. The number of carbonyl (C=O) groups excluding carboxylic acids is 2. The van der Waals surface area contributed by atoms with Gasteiger partial charge in [-0.25, -0.2) is 0 Å². The van der Waals surface area contributed by atoms with Gasteiger partial charge < -0.3 is 16.4 Å². The third kappa shape index (κ3) is 5.59. The van der Waals surface area contributed by atoms with Crippen molar-refractivity contribution in [2.45, 2.75) is 64.5 Å². The highest BCUT2D eigenvalue weighted by Crippen LogP contribution is 2.22. The van der Waals surface area contributed by atoms with E-state index in [0.29, 0.717) is 13.0 Å². The fourth-order valence-electron chi connectivity index (χ4n) is 2.36. The Balaban J connectivity index is 2.21. The van der Waals surface area contributed by atoms with Crippen molar-refractivity contribution in [3.8, 4) is 0 Å². The highest BCUT2D eigenvalue weighted by molar-refractivity contribution is 5.81. The maximum Gasteiger partial charge on any atom is 0.224 e. The van der Waals surface area contributed by atoms with Gasteiger partial charge in [0.15, 0.2) is 0 Å². The summed E-state index contributed by atoms with van der Waals surface area (Å²) >= 11 is 0. The number of hydrogen-bond donors (Lipinski definition) is 3. The van der Waals surface area contributed by atoms with E-state index in [-0.39, 0.29) is 29.8 Å². The lowest BCUT2D eigenvalue weighted by atomic mass is 9.84. The second kappa shape index (κ2) is 8.15. The van der Waals surface area contributed by atoms with Gasteiger partial charge in [0, 0.05) is 25.0 Å². The van der Waals surface area contributed by atoms with E-state index in [4.69, 9.17) is 5.73 Å². The van der Waals surface area contributed by atoms with E-state index in [1.807, 2.05) is 13.8 Å². The van der Waals surface area contributed by atoms with E-state index in [1.54, 1.807) is 0 Å². The summed E-state index contributed by atoms with van der Waals surface area (Å²) in [6.45, 7) is 4.39. The van der Waals surface area contributed by atoms with Gasteiger partial charge in [0.1, 0.15) is 0 Å². The first kappa shape index (κ1) is 16.0. The molecule has 0 saturated heterocycles. The van der Waals surface area contributed by atoms with Gasteiger partial charge in [0.2, 0.25) is 11.8 Å². The Hall–Kier alpha value is -1.10. The predicted octanol–water partition coefficient (Wildman–Crippen LogP) is 0.925. The number of carbonyl (C=O) groups is 2. The molecule has 3 atom stereocenters. The zero-order valence-corrected chi connectivity index (χ0v) is 12.1. The SMILES string of the molecule is CCC(C)NC(=O)CCNC(=O)C1CCCCC1N. The molecule has 5 heteroatoms. The van der Waals surface area contributed by atoms with E-state index in [2.05, 4.69) is 10.6 Å². The molecule has 2 amide bonds. The van der Waals surface area contributed by atoms with E-state index < -0.39 is 0 Å². The second-order valence-corrected chi connectivity index (χ2v) is 5.47. The molecule has 0 aromatic heterocycles. The average molecular weight is 269 g/mol. The molecule has 3 unspecified atom stereocenters. The summed E-state index contributed by atoms with van der Waals surface area (Å²) in [7, 11) is 0. The molecule has 1 saturated carbocycles. The quantitative estimate of drug-likeness (QED) is 0.670. The molecule has 4 N–H and O–H groups in total. The van der Waals surface area contributed by atoms with Crippen LogP contribution in [0.3, 0.4) is 0 Å². The number of rotatable bonds is 6. The minimum absolute atomic E-state index is 0.00328. The summed E-state index contributed by atoms with van der Waals surface area (Å²) < 4.78 is 0. The van der Waals surface area contributed by atoms with Crippen LogP contribution in [0.2, 0.25) is 0 Å². The van der Waals surface area contributed by atoms with E-state index in [1.165, 1.54) is 0 Å². The van der Waals surface area contributed by atoms with Gasteiger partial charge >= 0.3 is 0 Å². The van der Waals surface area contributed by atoms with Crippen molar-refractivity contribution in [1.29, 1.82) is 0 Å². The number of hydrogen-bond acceptors (Lipinski definition) is 3. The molecule has 0 spiro atoms. The summed E-state index contributed by atoms with van der Waals surface area (Å²) in [5.74, 6) is -0.0856. The van der Waals surface area contributed by atoms with Crippen molar-refractivity contribution in [1.82, 2.24) is 10.6 Å². The van der Waals surface area contributed by atoms with Crippen LogP contribution in [0.25, 0.3) is 0 Å². The van der Waals surface area contributed by atoms with Crippen LogP contribution < -0.4 is 16.4 Å². The van der Waals surface area contributed by atoms with Gasteiger partial charge in [-0.2, -0.15) is 0 Å². The lowest BCUT2D eigenvalue weighted by Crippen LogP contribution is -2.44. The molecule has 0 radical (unpaired) electrons. The van der Waals surface area contributed by atoms with Crippen molar-refractivity contribution in [3.05, 3.63) is 0 Å². The van der Waals surface area contributed by atoms with Crippen molar-refractivity contribution in [2.75, 3.05) is 6.54 Å². The third-order valence-corrected chi connectivity index (χ3v) is 3.83. The lowest BCUT2D eigenvalue weighted by molar-refractivity contribution is -0.126. The van der Waals surface area contributed by atoms with Crippen molar-refractivity contribution < 1.29 is 9.59 Å². The normalized spacial score (nSPS) is 24.6. The number of amides is 2. The standard InChI is InChI=1S/C14H27N3O2/c1-3-10(2)17-13(18)8-9-16-14(19)11-6-4-5-7-12(11)15/h10-12H,3-9,15H2,1-2H3,(H,16,19)(H,17,18). The fourth-order valence-corrected chi connectivity index (χ4v) is 2.36. The van der Waals surface area contributed by atoms with Crippen LogP contribution in [0, 0.1) is 5.92 Å². The number of nitrogens with one attached hydrogen (secondary N) is 2. The minimum Gasteiger partial charge on any atom is -0.355 e. The molecule has 1 rings (SSSR count). The molecular weight excluding hydrogens is 242 g/mol. The second-order valence-electron chi connectivity index (χ2n) is 5.47. The third-order valence-electron chi connectivity index (χ3n) is 3.83. The molecule has 0 aliphatic heterocycles. The Kier molecular flexibility index (Phi) is 6.84. The molecule has 19 heavy (non-hydrogen) atoms. The maximum absolute atomic E-state index is 11.9. The van der Waals surface area contributed by atoms with Gasteiger partial charge in [-0.15, -0.1) is 0 Å². The fraction of sp³-hybridized carbons (Fsp3) is 0.857. The molecule has 1 aliphatic carbocycles. The Morgan fingerprint density at radius 1 is 1.32 bits per heavy atom. The van der Waals surface area contributed by atoms with Crippen LogP contribution in [0.15, 0.2) is 0 Å². The summed E-state index contributed by atoms with van der Waals surface area (Å²) in [6, 6.07) is 0.164. The van der Waals surface area contributed by atoms with Crippen LogP contribution in [0.5, 0.6) is 0 Å². The van der Waals surface area contributed by atoms with Crippen LogP contribution in [-0.4, -0.2) is 30.4 Å². The first-order chi connectivity index (χ1) is 9.04. The summed E-state index contributed by atoms with van der Waals surface area (Å²) in [6.07, 6.45) is 5.22. The zero-order chi connectivity index (χ0) is 14.3. The molecule has 1 aliphatic rings. The highest BCUT2D eigenvalue weighted by Gasteiger charge is 2.27. The van der Waals surface area contributed by atoms with Gasteiger partial charge in [0.25, 0.3) is 0 Å². The van der Waals surface area contributed by atoms with E-state index in [0.717, 1.165) is 32.1 Å². The molecule has 5 nitrogen and oxygen atoms in total. The molecule has 0 aromatic carbocycles. The molecule has 0 heterocycles. The van der Waals surface area contributed by atoms with Crippen LogP contribution in [0.1, 0.15) is 52.4 Å². The average Bonchev–Trinajstić information content (AvgIpc) is 2.38. The van der Waals surface area contributed by atoms with Gasteiger partial charge in [0.05, 0.1) is 5.92 Å². The van der Waals surface area contributed by atoms with Gasteiger partial charge in [-0.05, 0) is 26.2 Å². The predicted molar refractivity (Wildman–Crippen MR) is 75.5 cm³/mol. The van der Waals surface area contributed by atoms with Crippen LogP contribution in [0.4, 0.5) is 0 Å². The summed E-state index contributed by atoms with van der Waals surface area (Å²) in [4.78, 5) is 23.5. The summed E-state index contributed by atoms with van der Waals surface area (Å²) in [5, 5.41) is 5.70. The molecule has 0 bridgehead atoms. The van der Waals surface area contributed by atoms with E-state index >= 15 is 0 Å². The zero-order valence-electron chi connectivity index (χ0n) is 12.1. The van der Waals surface area contributed by atoms with Crippen molar-refractivity contribution in [2.24, 2.45) is 11.7 Å². The highest BCUT2D eigenvalue weighted by atomic mass is 16.2. The monoisotopic (exact) mass is 269 g/mol. The molecule has 0 aromatic rings.